The molecule has 0 aliphatic heterocycles. The van der Waals surface area contributed by atoms with Crippen LogP contribution >= 0.6 is 0 Å². The quantitative estimate of drug-likeness (QED) is 0.732. The monoisotopic (exact) mass is 217 g/mol. The van der Waals surface area contributed by atoms with Gasteiger partial charge in [-0.25, -0.2) is 0 Å². The molecule has 1 atom stereocenters. The van der Waals surface area contributed by atoms with E-state index in [4.69, 9.17) is 5.73 Å². The molecule has 0 aliphatic carbocycles. The normalized spacial score (nSPS) is 13.2. The molecule has 2 rings (SSSR count). The van der Waals surface area contributed by atoms with Gasteiger partial charge in [0.15, 0.2) is 0 Å². The van der Waals surface area contributed by atoms with Crippen LogP contribution < -0.4 is 11.1 Å². The summed E-state index contributed by atoms with van der Waals surface area (Å²) in [6, 6.07) is 8.59. The van der Waals surface area contributed by atoms with E-state index in [1.807, 2.05) is 6.92 Å². The molecule has 86 valence electrons. The largest absolute Gasteiger partial charge is 0.358 e. The second-order valence-corrected chi connectivity index (χ2v) is 4.38. The maximum atomic E-state index is 5.71. The summed E-state index contributed by atoms with van der Waals surface area (Å²) in [4.78, 5) is 3.39. The highest BCUT2D eigenvalue weighted by Gasteiger charge is 2.06. The summed E-state index contributed by atoms with van der Waals surface area (Å²) in [6.07, 6.45) is 0. The van der Waals surface area contributed by atoms with Gasteiger partial charge in [-0.15, -0.1) is 0 Å². The molecule has 2 aromatic rings. The lowest BCUT2D eigenvalue weighted by molar-refractivity contribution is 0.608. The van der Waals surface area contributed by atoms with Gasteiger partial charge in [-0.1, -0.05) is 18.2 Å². The molecule has 0 bridgehead atoms. The van der Waals surface area contributed by atoms with Gasteiger partial charge in [0.05, 0.1) is 0 Å². The zero-order valence-electron chi connectivity index (χ0n) is 9.88. The van der Waals surface area contributed by atoms with E-state index >= 15 is 0 Å². The molecule has 3 nitrogen and oxygen atoms in total. The highest BCUT2D eigenvalue weighted by atomic mass is 14.9. The smallest absolute Gasteiger partial charge is 0.0459 e. The van der Waals surface area contributed by atoms with E-state index in [0.717, 1.165) is 13.1 Å². The Morgan fingerprint density at radius 1 is 1.38 bits per heavy atom. The van der Waals surface area contributed by atoms with E-state index in [1.54, 1.807) is 0 Å². The number of para-hydroxylation sites is 1. The first-order valence-electron chi connectivity index (χ1n) is 5.71. The van der Waals surface area contributed by atoms with E-state index in [9.17, 15) is 0 Å². The Labute approximate surface area is 96.0 Å². The van der Waals surface area contributed by atoms with Crippen LogP contribution in [0.4, 0.5) is 0 Å². The molecule has 0 fully saturated rings. The van der Waals surface area contributed by atoms with Gasteiger partial charge in [-0.3, -0.25) is 0 Å². The third kappa shape index (κ3) is 2.26. The molecule has 4 N–H and O–H groups in total. The lowest BCUT2D eigenvalue weighted by Crippen LogP contribution is -2.30. The number of fused-ring (bicyclic) bond motifs is 1. The Hall–Kier alpha value is -1.32. The van der Waals surface area contributed by atoms with Crippen LogP contribution in [-0.2, 0) is 6.54 Å². The summed E-state index contributed by atoms with van der Waals surface area (Å²) in [5, 5.41) is 4.68. The van der Waals surface area contributed by atoms with Crippen LogP contribution in [-0.4, -0.2) is 17.6 Å². The van der Waals surface area contributed by atoms with Crippen molar-refractivity contribution < 1.29 is 0 Å². The predicted octanol–water partition coefficient (Wildman–Crippen LogP) is 1.91. The highest BCUT2D eigenvalue weighted by Crippen LogP contribution is 2.21. The average molecular weight is 217 g/mol. The minimum Gasteiger partial charge on any atom is -0.358 e. The number of aromatic nitrogens is 1. The standard InChI is InChI=1S/C13H19N3/c1-9(14)7-15-8-12-10(2)16-13-6-4-3-5-11(12)13/h3-6,9,15-16H,7-8,14H2,1-2H3. The van der Waals surface area contributed by atoms with E-state index < -0.39 is 0 Å². The molecule has 0 saturated carbocycles. The molecule has 0 radical (unpaired) electrons. The molecule has 1 heterocycles. The van der Waals surface area contributed by atoms with Crippen LogP contribution in [0.2, 0.25) is 0 Å². The number of rotatable bonds is 4. The number of aromatic amines is 1. The molecule has 1 aromatic heterocycles. The van der Waals surface area contributed by atoms with Gasteiger partial charge in [0, 0.05) is 35.7 Å². The first kappa shape index (κ1) is 11.2. The van der Waals surface area contributed by atoms with Crippen molar-refractivity contribution in [3.63, 3.8) is 0 Å². The van der Waals surface area contributed by atoms with Crippen molar-refractivity contribution in [2.24, 2.45) is 5.73 Å². The maximum absolute atomic E-state index is 5.71. The van der Waals surface area contributed by atoms with Gasteiger partial charge >= 0.3 is 0 Å². The number of nitrogens with one attached hydrogen (secondary N) is 2. The van der Waals surface area contributed by atoms with Gasteiger partial charge in [0.1, 0.15) is 0 Å². The third-order valence-corrected chi connectivity index (χ3v) is 2.80. The molecule has 0 saturated heterocycles. The Balaban J connectivity index is 2.19. The van der Waals surface area contributed by atoms with Crippen molar-refractivity contribution in [1.82, 2.24) is 10.3 Å². The first-order valence-corrected chi connectivity index (χ1v) is 5.71. The van der Waals surface area contributed by atoms with Gasteiger partial charge in [-0.2, -0.15) is 0 Å². The molecule has 0 amide bonds. The maximum Gasteiger partial charge on any atom is 0.0459 e. The van der Waals surface area contributed by atoms with Crippen molar-refractivity contribution in [1.29, 1.82) is 0 Å². The van der Waals surface area contributed by atoms with Crippen molar-refractivity contribution in [2.75, 3.05) is 6.54 Å². The number of aryl methyl sites for hydroxylation is 1. The fourth-order valence-electron chi connectivity index (χ4n) is 1.99. The summed E-state index contributed by atoms with van der Waals surface area (Å²) in [7, 11) is 0. The summed E-state index contributed by atoms with van der Waals surface area (Å²) < 4.78 is 0. The fourth-order valence-corrected chi connectivity index (χ4v) is 1.99. The van der Waals surface area contributed by atoms with Crippen molar-refractivity contribution in [3.8, 4) is 0 Å². The molecule has 3 heteroatoms. The van der Waals surface area contributed by atoms with Crippen LogP contribution in [0.1, 0.15) is 18.2 Å². The fraction of sp³-hybridized carbons (Fsp3) is 0.385. The lowest BCUT2D eigenvalue weighted by atomic mass is 10.1. The van der Waals surface area contributed by atoms with Crippen LogP contribution in [0, 0.1) is 6.92 Å². The van der Waals surface area contributed by atoms with Crippen molar-refractivity contribution >= 4 is 10.9 Å². The summed E-state index contributed by atoms with van der Waals surface area (Å²) in [5.74, 6) is 0. The molecule has 0 spiro atoms. The minimum absolute atomic E-state index is 0.200. The molecule has 1 aromatic carbocycles. The minimum atomic E-state index is 0.200. The average Bonchev–Trinajstić information content (AvgIpc) is 2.55. The van der Waals surface area contributed by atoms with E-state index in [0.29, 0.717) is 0 Å². The van der Waals surface area contributed by atoms with Crippen LogP contribution in [0.5, 0.6) is 0 Å². The van der Waals surface area contributed by atoms with E-state index in [-0.39, 0.29) is 6.04 Å². The zero-order chi connectivity index (χ0) is 11.5. The SMILES string of the molecule is Cc1[nH]c2ccccc2c1CNCC(C)N. The topological polar surface area (TPSA) is 53.8 Å². The van der Waals surface area contributed by atoms with Crippen LogP contribution in [0.15, 0.2) is 24.3 Å². The Kier molecular flexibility index (Phi) is 3.27. The highest BCUT2D eigenvalue weighted by molar-refractivity contribution is 5.84. The Bertz CT molecular complexity index is 471. The second-order valence-electron chi connectivity index (χ2n) is 4.38. The number of H-pyrrole nitrogens is 1. The van der Waals surface area contributed by atoms with Gasteiger partial charge in [0.2, 0.25) is 0 Å². The molecular weight excluding hydrogens is 198 g/mol. The first-order chi connectivity index (χ1) is 7.68. The van der Waals surface area contributed by atoms with Crippen LogP contribution in [0.25, 0.3) is 10.9 Å². The zero-order valence-corrected chi connectivity index (χ0v) is 9.88. The van der Waals surface area contributed by atoms with Gasteiger partial charge < -0.3 is 16.0 Å². The lowest BCUT2D eigenvalue weighted by Gasteiger charge is -2.07. The molecular formula is C13H19N3. The summed E-state index contributed by atoms with van der Waals surface area (Å²) in [6.45, 7) is 5.84. The van der Waals surface area contributed by atoms with Gasteiger partial charge in [-0.05, 0) is 25.5 Å². The third-order valence-electron chi connectivity index (χ3n) is 2.80. The number of benzene rings is 1. The predicted molar refractivity (Wildman–Crippen MR) is 68.4 cm³/mol. The molecule has 1 unspecified atom stereocenters. The van der Waals surface area contributed by atoms with Crippen molar-refractivity contribution in [2.45, 2.75) is 26.4 Å². The number of hydrogen-bond donors (Lipinski definition) is 3. The number of nitrogens with two attached hydrogens (primary N) is 1. The molecule has 0 aliphatic rings. The Morgan fingerprint density at radius 3 is 2.88 bits per heavy atom. The summed E-state index contributed by atoms with van der Waals surface area (Å²) >= 11 is 0. The molecule has 16 heavy (non-hydrogen) atoms. The van der Waals surface area contributed by atoms with E-state index in [1.165, 1.54) is 22.2 Å². The summed E-state index contributed by atoms with van der Waals surface area (Å²) in [5.41, 5.74) is 9.50. The van der Waals surface area contributed by atoms with Gasteiger partial charge in [0.25, 0.3) is 0 Å². The number of hydrogen-bond acceptors (Lipinski definition) is 2. The second kappa shape index (κ2) is 4.68. The van der Waals surface area contributed by atoms with Crippen LogP contribution in [0.3, 0.4) is 0 Å². The van der Waals surface area contributed by atoms with E-state index in [2.05, 4.69) is 41.5 Å². The Morgan fingerprint density at radius 2 is 2.12 bits per heavy atom. The van der Waals surface area contributed by atoms with Crippen molar-refractivity contribution in [3.05, 3.63) is 35.5 Å².